The van der Waals surface area contributed by atoms with Crippen molar-refractivity contribution in [2.75, 3.05) is 11.4 Å². The smallest absolute Gasteiger partial charge is 0.255 e. The van der Waals surface area contributed by atoms with Crippen LogP contribution in [0.2, 0.25) is 0 Å². The van der Waals surface area contributed by atoms with E-state index >= 15 is 0 Å². The zero-order chi connectivity index (χ0) is 13.3. The van der Waals surface area contributed by atoms with Crippen molar-refractivity contribution in [3.63, 3.8) is 0 Å². The first-order valence-electron chi connectivity index (χ1n) is 6.15. The second kappa shape index (κ2) is 4.73. The zero-order valence-corrected chi connectivity index (χ0v) is 11.3. The quantitative estimate of drug-likeness (QED) is 0.622. The average Bonchev–Trinajstić information content (AvgIpc) is 2.37. The monoisotopic (exact) mass is 265 g/mol. The number of rotatable bonds is 3. The number of hydrogen-bond acceptors (Lipinski definition) is 2. The largest absolute Gasteiger partial charge is 0.310 e. The van der Waals surface area contributed by atoms with E-state index in [0.717, 1.165) is 12.8 Å². The highest BCUT2D eigenvalue weighted by Crippen LogP contribution is 2.36. The lowest BCUT2D eigenvalue weighted by Crippen LogP contribution is -2.53. The molecule has 1 amide bonds. The molecule has 1 atom stereocenters. The van der Waals surface area contributed by atoms with E-state index in [1.807, 2.05) is 6.07 Å². The molecule has 96 valence electrons. The summed E-state index contributed by atoms with van der Waals surface area (Å²) < 4.78 is 0. The molecule has 0 spiro atoms. The number of Topliss-reactive ketones (excluding diaryl/α,β-unsaturated/α-hetero) is 1. The van der Waals surface area contributed by atoms with Gasteiger partial charge >= 0.3 is 0 Å². The van der Waals surface area contributed by atoms with E-state index in [-0.39, 0.29) is 11.7 Å². The lowest BCUT2D eigenvalue weighted by atomic mass is 9.90. The lowest BCUT2D eigenvalue weighted by molar-refractivity contribution is -0.119. The number of benzene rings is 1. The van der Waals surface area contributed by atoms with Crippen molar-refractivity contribution in [1.29, 1.82) is 0 Å². The fraction of sp³-hybridized carbons (Fsp3) is 0.429. The van der Waals surface area contributed by atoms with Gasteiger partial charge in [-0.05, 0) is 25.5 Å². The van der Waals surface area contributed by atoms with Crippen LogP contribution >= 0.6 is 11.6 Å². The maximum absolute atomic E-state index is 12.3. The Balaban J connectivity index is 2.50. The van der Waals surface area contributed by atoms with Crippen molar-refractivity contribution in [3.05, 3.63) is 29.8 Å². The summed E-state index contributed by atoms with van der Waals surface area (Å²) in [7, 11) is 0. The second-order valence-electron chi connectivity index (χ2n) is 4.66. The van der Waals surface area contributed by atoms with E-state index in [1.165, 1.54) is 6.92 Å². The molecular weight excluding hydrogens is 250 g/mol. The molecule has 1 aliphatic rings. The summed E-state index contributed by atoms with van der Waals surface area (Å²) in [4.78, 5) is 24.6. The van der Waals surface area contributed by atoms with Gasteiger partial charge in [0.1, 0.15) is 0 Å². The Hall–Kier alpha value is -1.35. The second-order valence-corrected chi connectivity index (χ2v) is 5.42. The summed E-state index contributed by atoms with van der Waals surface area (Å²) in [5.41, 5.74) is 1.21. The summed E-state index contributed by atoms with van der Waals surface area (Å²) in [5, 5.41) is 0. The van der Waals surface area contributed by atoms with Gasteiger partial charge in [-0.3, -0.25) is 9.59 Å². The highest BCUT2D eigenvalue weighted by molar-refractivity contribution is 6.52. The van der Waals surface area contributed by atoms with Crippen molar-refractivity contribution in [2.45, 2.75) is 31.6 Å². The summed E-state index contributed by atoms with van der Waals surface area (Å²) in [5.74, 6) is -0.626. The summed E-state index contributed by atoms with van der Waals surface area (Å²) in [6.07, 6.45) is 1.88. The molecule has 0 aliphatic carbocycles. The number of para-hydroxylation sites is 1. The Bertz CT molecular complexity index is 496. The van der Waals surface area contributed by atoms with Gasteiger partial charge in [-0.15, -0.1) is 0 Å². The van der Waals surface area contributed by atoms with Gasteiger partial charge in [0.15, 0.2) is 10.7 Å². The first kappa shape index (κ1) is 13.1. The van der Waals surface area contributed by atoms with Crippen LogP contribution in [0.5, 0.6) is 0 Å². The van der Waals surface area contributed by atoms with Crippen LogP contribution in [0.3, 0.4) is 0 Å². The van der Waals surface area contributed by atoms with Gasteiger partial charge in [0.2, 0.25) is 0 Å². The predicted molar refractivity (Wildman–Crippen MR) is 72.3 cm³/mol. The number of carbonyl (C=O) groups excluding carboxylic acids is 2. The molecule has 1 heterocycles. The van der Waals surface area contributed by atoms with Crippen molar-refractivity contribution < 1.29 is 9.59 Å². The minimum Gasteiger partial charge on any atom is -0.310 e. The number of halogens is 1. The molecule has 0 fully saturated rings. The maximum atomic E-state index is 12.3. The molecule has 0 radical (unpaired) electrons. The molecule has 1 aliphatic heterocycles. The molecule has 4 heteroatoms. The maximum Gasteiger partial charge on any atom is 0.255 e. The fourth-order valence-electron chi connectivity index (χ4n) is 2.15. The molecule has 2 rings (SSSR count). The standard InChI is InChI=1S/C14H16ClNO2/c1-3-4-9-16-11-8-6-5-7-10(11)12(17)14(2,15)13(16)18/h5-8H,3-4,9H2,1-2H3/t14-/m1/s1. The zero-order valence-electron chi connectivity index (χ0n) is 10.6. The molecule has 0 saturated heterocycles. The Kier molecular flexibility index (Phi) is 3.44. The van der Waals surface area contributed by atoms with Gasteiger partial charge < -0.3 is 4.90 Å². The molecule has 3 nitrogen and oxygen atoms in total. The lowest BCUT2D eigenvalue weighted by Gasteiger charge is -2.35. The summed E-state index contributed by atoms with van der Waals surface area (Å²) in [6, 6.07) is 7.14. The van der Waals surface area contributed by atoms with Gasteiger partial charge in [0.05, 0.1) is 5.69 Å². The number of hydrogen-bond donors (Lipinski definition) is 0. The van der Waals surface area contributed by atoms with E-state index in [9.17, 15) is 9.59 Å². The Morgan fingerprint density at radius 1 is 1.28 bits per heavy atom. The van der Waals surface area contributed by atoms with Gasteiger partial charge in [-0.1, -0.05) is 37.1 Å². The molecule has 0 bridgehead atoms. The van der Waals surface area contributed by atoms with Crippen LogP contribution in [0.15, 0.2) is 24.3 Å². The molecule has 0 N–H and O–H groups in total. The number of nitrogens with zero attached hydrogens (tertiary/aromatic N) is 1. The first-order valence-corrected chi connectivity index (χ1v) is 6.52. The Morgan fingerprint density at radius 2 is 1.94 bits per heavy atom. The van der Waals surface area contributed by atoms with E-state index in [2.05, 4.69) is 6.92 Å². The number of anilines is 1. The highest BCUT2D eigenvalue weighted by atomic mass is 35.5. The number of amides is 1. The van der Waals surface area contributed by atoms with Crippen molar-refractivity contribution in [2.24, 2.45) is 0 Å². The van der Waals surface area contributed by atoms with Gasteiger partial charge in [0.25, 0.3) is 5.91 Å². The fourth-order valence-corrected chi connectivity index (χ4v) is 2.36. The number of ketones is 1. The normalized spacial score (nSPS) is 23.2. The van der Waals surface area contributed by atoms with Crippen LogP contribution < -0.4 is 4.90 Å². The number of fused-ring (bicyclic) bond motifs is 1. The summed E-state index contributed by atoms with van der Waals surface area (Å²) in [6.45, 7) is 4.14. The minimum absolute atomic E-state index is 0.308. The van der Waals surface area contributed by atoms with E-state index < -0.39 is 4.87 Å². The summed E-state index contributed by atoms with van der Waals surface area (Å²) >= 11 is 6.13. The molecule has 0 unspecified atom stereocenters. The minimum atomic E-state index is -1.47. The number of unbranched alkanes of at least 4 members (excludes halogenated alkanes) is 1. The molecule has 0 aromatic heterocycles. The number of alkyl halides is 1. The SMILES string of the molecule is CCCCN1C(=O)[C@](C)(Cl)C(=O)c2ccccc21. The molecule has 18 heavy (non-hydrogen) atoms. The molecule has 1 aromatic rings. The third-order valence-corrected chi connectivity index (χ3v) is 3.58. The van der Waals surface area contributed by atoms with E-state index in [4.69, 9.17) is 11.6 Å². The molecular formula is C14H16ClNO2. The number of carbonyl (C=O) groups is 2. The van der Waals surface area contributed by atoms with Crippen molar-refractivity contribution in [1.82, 2.24) is 0 Å². The highest BCUT2D eigenvalue weighted by Gasteiger charge is 2.47. The topological polar surface area (TPSA) is 37.4 Å². The van der Waals surface area contributed by atoms with Crippen LogP contribution in [-0.4, -0.2) is 23.1 Å². The van der Waals surface area contributed by atoms with Crippen LogP contribution in [0.1, 0.15) is 37.0 Å². The van der Waals surface area contributed by atoms with Gasteiger partial charge in [-0.2, -0.15) is 0 Å². The Labute approximate surface area is 112 Å². The van der Waals surface area contributed by atoms with E-state index in [0.29, 0.717) is 17.8 Å². The first-order chi connectivity index (χ1) is 8.50. The molecule has 0 saturated carbocycles. The van der Waals surface area contributed by atoms with Crippen LogP contribution in [0.25, 0.3) is 0 Å². The van der Waals surface area contributed by atoms with Crippen molar-refractivity contribution >= 4 is 29.0 Å². The Morgan fingerprint density at radius 3 is 2.61 bits per heavy atom. The average molecular weight is 266 g/mol. The van der Waals surface area contributed by atoms with E-state index in [1.54, 1.807) is 23.1 Å². The molecule has 1 aromatic carbocycles. The van der Waals surface area contributed by atoms with Crippen LogP contribution in [0.4, 0.5) is 5.69 Å². The predicted octanol–water partition coefficient (Wildman–Crippen LogP) is 3.01. The van der Waals surface area contributed by atoms with Gasteiger partial charge in [-0.25, -0.2) is 0 Å². The third kappa shape index (κ3) is 1.93. The van der Waals surface area contributed by atoms with Crippen molar-refractivity contribution in [3.8, 4) is 0 Å². The van der Waals surface area contributed by atoms with Crippen LogP contribution in [0, 0.1) is 0 Å². The third-order valence-electron chi connectivity index (χ3n) is 3.25. The van der Waals surface area contributed by atoms with Gasteiger partial charge in [0, 0.05) is 12.1 Å². The van der Waals surface area contributed by atoms with Crippen LogP contribution in [-0.2, 0) is 4.79 Å².